The third kappa shape index (κ3) is 6.60. The lowest BCUT2D eigenvalue weighted by atomic mass is 9.85. The molecular weight excluding hydrogens is 545 g/mol. The molecule has 218 valence electrons. The van der Waals surface area contributed by atoms with Crippen molar-refractivity contribution in [2.75, 3.05) is 38.6 Å². The third-order valence-electron chi connectivity index (χ3n) is 7.31. The molecule has 0 aromatic heterocycles. The minimum absolute atomic E-state index is 0. The second-order valence-electron chi connectivity index (χ2n) is 10.9. The van der Waals surface area contributed by atoms with Gasteiger partial charge in [0.2, 0.25) is 0 Å². The number of fused-ring (bicyclic) bond motifs is 1. The molecule has 2 aliphatic heterocycles. The van der Waals surface area contributed by atoms with Crippen molar-refractivity contribution in [3.8, 4) is 28.4 Å². The minimum atomic E-state index is -0.376. The number of hydrogen-bond donors (Lipinski definition) is 2. The van der Waals surface area contributed by atoms with Crippen LogP contribution in [0.2, 0.25) is 0 Å². The summed E-state index contributed by atoms with van der Waals surface area (Å²) in [5.74, 6) is 1.13. The van der Waals surface area contributed by atoms with Gasteiger partial charge in [0, 0.05) is 60.7 Å². The summed E-state index contributed by atoms with van der Waals surface area (Å²) in [6.07, 6.45) is 1.82. The minimum Gasteiger partial charge on any atom is -0.496 e. The van der Waals surface area contributed by atoms with Gasteiger partial charge in [-0.25, -0.2) is 9.18 Å². The lowest BCUT2D eigenvalue weighted by Crippen LogP contribution is -2.47. The van der Waals surface area contributed by atoms with E-state index < -0.39 is 0 Å². The van der Waals surface area contributed by atoms with E-state index in [1.54, 1.807) is 30.2 Å². The molecule has 0 aliphatic carbocycles. The van der Waals surface area contributed by atoms with Crippen LogP contribution in [0.3, 0.4) is 0 Å². The summed E-state index contributed by atoms with van der Waals surface area (Å²) in [4.78, 5) is 14.4. The molecule has 2 aliphatic rings. The van der Waals surface area contributed by atoms with E-state index in [1.165, 1.54) is 12.1 Å². The summed E-state index contributed by atoms with van der Waals surface area (Å²) < 4.78 is 31.7. The first-order valence-electron chi connectivity index (χ1n) is 13.5. The van der Waals surface area contributed by atoms with E-state index >= 15 is 0 Å². The van der Waals surface area contributed by atoms with Gasteiger partial charge < -0.3 is 29.7 Å². The molecule has 2 heterocycles. The number of carbonyl (C=O) groups excluding carboxylic acids is 1. The van der Waals surface area contributed by atoms with Gasteiger partial charge in [-0.05, 0) is 68.7 Å². The maximum absolute atomic E-state index is 14.0. The number of aryl methyl sites for hydroxylation is 1. The fourth-order valence-electron chi connectivity index (χ4n) is 5.45. The Kier molecular flexibility index (Phi) is 9.14. The Morgan fingerprint density at radius 2 is 1.73 bits per heavy atom. The predicted octanol–water partition coefficient (Wildman–Crippen LogP) is 6.82. The number of nitrogens with one attached hydrogen (secondary N) is 2. The zero-order valence-electron chi connectivity index (χ0n) is 24.1. The number of amides is 1. The number of methoxy groups -OCH3 is 1. The van der Waals surface area contributed by atoms with Crippen LogP contribution < -0.4 is 24.8 Å². The van der Waals surface area contributed by atoms with Crippen LogP contribution in [0, 0.1) is 12.7 Å². The maximum Gasteiger partial charge on any atom is 0.415 e. The van der Waals surface area contributed by atoms with Crippen molar-refractivity contribution in [1.82, 2.24) is 10.2 Å². The number of hydrogen-bond acceptors (Lipinski definition) is 6. The molecule has 41 heavy (non-hydrogen) atoms. The molecule has 0 unspecified atom stereocenters. The molecule has 0 radical (unpaired) electrons. The van der Waals surface area contributed by atoms with Gasteiger partial charge in [-0.2, -0.15) is 0 Å². The van der Waals surface area contributed by atoms with Crippen LogP contribution in [-0.4, -0.2) is 49.8 Å². The van der Waals surface area contributed by atoms with Crippen molar-refractivity contribution in [2.24, 2.45) is 0 Å². The Morgan fingerprint density at radius 3 is 2.46 bits per heavy atom. The smallest absolute Gasteiger partial charge is 0.415 e. The van der Waals surface area contributed by atoms with E-state index in [9.17, 15) is 9.18 Å². The number of ether oxygens (including phenoxy) is 3. The van der Waals surface area contributed by atoms with Gasteiger partial charge in [0.25, 0.3) is 0 Å². The molecular formula is C32H37ClFN3O4. The third-order valence-corrected chi connectivity index (χ3v) is 7.31. The summed E-state index contributed by atoms with van der Waals surface area (Å²) in [7, 11) is 1.60. The van der Waals surface area contributed by atoms with Gasteiger partial charge in [-0.15, -0.1) is 12.4 Å². The largest absolute Gasteiger partial charge is 0.496 e. The van der Waals surface area contributed by atoms with Crippen molar-refractivity contribution in [2.45, 2.75) is 39.8 Å². The Hall–Kier alpha value is -3.75. The lowest BCUT2D eigenvalue weighted by molar-refractivity contribution is 0.145. The zero-order chi connectivity index (χ0) is 28.4. The zero-order valence-corrected chi connectivity index (χ0v) is 24.9. The molecule has 0 atom stereocenters. The van der Waals surface area contributed by atoms with Crippen LogP contribution in [0.1, 0.15) is 37.5 Å². The summed E-state index contributed by atoms with van der Waals surface area (Å²) >= 11 is 0. The topological polar surface area (TPSA) is 72.1 Å². The molecule has 0 saturated carbocycles. The highest BCUT2D eigenvalue weighted by molar-refractivity contribution is 5.88. The quantitative estimate of drug-likeness (QED) is 0.333. The maximum atomic E-state index is 14.0. The summed E-state index contributed by atoms with van der Waals surface area (Å²) in [6, 6.07) is 14.1. The number of nitrogens with zero attached hydrogens (tertiary/aromatic N) is 1. The standard InChI is InChI=1S/C32H36FN3O4.ClH/c1-20-6-7-22(33)16-28(20)39-19-26-24(10-11-27-30(26)21(2)18-32(3,4)35-27)25-9-8-23(17-29(25)38-5)40-31(37)36-14-12-34-13-15-36;/h6-11,16-18,34-35H,12-15,19H2,1-5H3;1H. The predicted molar refractivity (Wildman–Crippen MR) is 163 cm³/mol. The van der Waals surface area contributed by atoms with Crippen LogP contribution in [0.25, 0.3) is 16.7 Å². The van der Waals surface area contributed by atoms with E-state index in [-0.39, 0.29) is 36.5 Å². The highest BCUT2D eigenvalue weighted by Crippen LogP contribution is 2.43. The average Bonchev–Trinajstić information content (AvgIpc) is 2.93. The van der Waals surface area contributed by atoms with Crippen LogP contribution in [0.5, 0.6) is 17.2 Å². The molecule has 2 N–H and O–H groups in total. The van der Waals surface area contributed by atoms with Gasteiger partial charge in [-0.1, -0.05) is 18.2 Å². The number of anilines is 1. The monoisotopic (exact) mass is 581 g/mol. The molecule has 9 heteroatoms. The number of rotatable bonds is 6. The number of halogens is 2. The van der Waals surface area contributed by atoms with Gasteiger partial charge >= 0.3 is 6.09 Å². The van der Waals surface area contributed by atoms with Crippen LogP contribution in [-0.2, 0) is 6.61 Å². The van der Waals surface area contributed by atoms with Crippen molar-refractivity contribution in [3.63, 3.8) is 0 Å². The van der Waals surface area contributed by atoms with Gasteiger partial charge in [0.15, 0.2) is 0 Å². The average molecular weight is 582 g/mol. The molecule has 0 bridgehead atoms. The molecule has 1 amide bonds. The second-order valence-corrected chi connectivity index (χ2v) is 10.9. The van der Waals surface area contributed by atoms with Crippen molar-refractivity contribution in [3.05, 3.63) is 77.1 Å². The van der Waals surface area contributed by atoms with E-state index in [2.05, 4.69) is 43.5 Å². The van der Waals surface area contributed by atoms with Gasteiger partial charge in [0.1, 0.15) is 29.7 Å². The van der Waals surface area contributed by atoms with Crippen LogP contribution >= 0.6 is 12.4 Å². The fraction of sp³-hybridized carbons (Fsp3) is 0.344. The molecule has 7 nitrogen and oxygen atoms in total. The van der Waals surface area contributed by atoms with E-state index in [4.69, 9.17) is 14.2 Å². The first-order valence-corrected chi connectivity index (χ1v) is 13.5. The normalized spacial score (nSPS) is 15.6. The molecule has 5 rings (SSSR count). The summed E-state index contributed by atoms with van der Waals surface area (Å²) in [5, 5.41) is 6.84. The Labute approximate surface area is 247 Å². The molecule has 1 fully saturated rings. The Bertz CT molecular complexity index is 1470. The van der Waals surface area contributed by atoms with Crippen LogP contribution in [0.15, 0.2) is 54.6 Å². The van der Waals surface area contributed by atoms with Crippen molar-refractivity contribution in [1.29, 1.82) is 0 Å². The Morgan fingerprint density at radius 1 is 1.00 bits per heavy atom. The molecule has 3 aromatic rings. The summed E-state index contributed by atoms with van der Waals surface area (Å²) in [5.41, 5.74) is 6.51. The lowest BCUT2D eigenvalue weighted by Gasteiger charge is -2.33. The molecule has 1 saturated heterocycles. The SMILES string of the molecule is COc1cc(OC(=O)N2CCNCC2)ccc1-c1ccc2c(c1COc1cc(F)ccc1C)C(C)=CC(C)(C)N2.Cl. The number of piperazine rings is 1. The van der Waals surface area contributed by atoms with Crippen LogP contribution in [0.4, 0.5) is 14.9 Å². The second kappa shape index (κ2) is 12.4. The molecule has 3 aromatic carbocycles. The number of benzene rings is 3. The van der Waals surface area contributed by atoms with E-state index in [1.807, 2.05) is 19.1 Å². The first kappa shape index (κ1) is 30.2. The van der Waals surface area contributed by atoms with Gasteiger partial charge in [0.05, 0.1) is 12.6 Å². The highest BCUT2D eigenvalue weighted by Gasteiger charge is 2.27. The van der Waals surface area contributed by atoms with Crippen molar-refractivity contribution < 1.29 is 23.4 Å². The van der Waals surface area contributed by atoms with E-state index in [0.717, 1.165) is 52.2 Å². The number of carbonyl (C=O) groups is 1. The first-order chi connectivity index (χ1) is 19.1. The fourth-order valence-corrected chi connectivity index (χ4v) is 5.45. The molecule has 0 spiro atoms. The highest BCUT2D eigenvalue weighted by atomic mass is 35.5. The Balaban J connectivity index is 0.00000387. The summed E-state index contributed by atoms with van der Waals surface area (Å²) in [6.45, 7) is 11.2. The van der Waals surface area contributed by atoms with Crippen molar-refractivity contribution >= 4 is 29.8 Å². The van der Waals surface area contributed by atoms with E-state index in [0.29, 0.717) is 30.3 Å². The van der Waals surface area contributed by atoms with Gasteiger partial charge in [-0.3, -0.25) is 0 Å². The number of allylic oxidation sites excluding steroid dienone is 1.